The molecule has 3 aromatic carbocycles. The van der Waals surface area contributed by atoms with Crippen LogP contribution in [0.1, 0.15) is 52.3 Å². The van der Waals surface area contributed by atoms with E-state index in [-0.39, 0.29) is 25.9 Å². The highest BCUT2D eigenvalue weighted by molar-refractivity contribution is 5.91. The number of esters is 2. The second-order valence-corrected chi connectivity index (χ2v) is 14.7. The lowest BCUT2D eigenvalue weighted by atomic mass is 9.85. The molecule has 0 radical (unpaired) electrons. The number of carbonyl (C=O) groups is 2. The molecule has 5 rings (SSSR count). The van der Waals surface area contributed by atoms with Crippen molar-refractivity contribution in [1.82, 2.24) is 0 Å². The molecule has 3 aromatic rings. The Morgan fingerprint density at radius 3 is 2.07 bits per heavy atom. The molecule has 0 unspecified atom stereocenters. The lowest BCUT2D eigenvalue weighted by molar-refractivity contribution is -0.947. The Hall–Kier alpha value is -4.42. The maximum atomic E-state index is 12.6. The maximum Gasteiger partial charge on any atom is 0.331 e. The van der Waals surface area contributed by atoms with Crippen molar-refractivity contribution in [3.8, 4) is 17.2 Å². The van der Waals surface area contributed by atoms with Gasteiger partial charge in [-0.2, -0.15) is 0 Å². The fourth-order valence-corrected chi connectivity index (χ4v) is 7.94. The molecule has 0 amide bonds. The number of hydrogen-bond acceptors (Lipinski definition) is 9. The van der Waals surface area contributed by atoms with Gasteiger partial charge in [0.25, 0.3) is 0 Å². The van der Waals surface area contributed by atoms with Crippen molar-refractivity contribution in [3.63, 3.8) is 0 Å². The van der Waals surface area contributed by atoms with Crippen LogP contribution in [0.4, 0.5) is 0 Å². The Bertz CT molecular complexity index is 1750. The normalized spacial score (nSPS) is 19.2. The van der Waals surface area contributed by atoms with Crippen molar-refractivity contribution >= 4 is 11.9 Å². The third-order valence-corrected chi connectivity index (χ3v) is 11.1. The number of carbonyl (C=O) groups excluding carboxylic acids is 2. The van der Waals surface area contributed by atoms with E-state index < -0.39 is 11.9 Å². The van der Waals surface area contributed by atoms with Crippen molar-refractivity contribution in [2.45, 2.75) is 51.8 Å². The molecule has 0 aliphatic carbocycles. The number of methoxy groups -OCH3 is 3. The number of aliphatic hydroxyl groups excluding tert-OH is 1. The molecule has 1 N–H and O–H groups in total. The minimum atomic E-state index is -0.566. The molecule has 11 heteroatoms. The smallest absolute Gasteiger partial charge is 0.331 e. The Balaban J connectivity index is 1.10. The molecule has 0 saturated carbocycles. The van der Waals surface area contributed by atoms with Crippen molar-refractivity contribution in [3.05, 3.63) is 100 Å². The quantitative estimate of drug-likeness (QED) is 0.0807. The van der Waals surface area contributed by atoms with Gasteiger partial charge in [-0.1, -0.05) is 36.4 Å². The van der Waals surface area contributed by atoms with Gasteiger partial charge in [-0.25, -0.2) is 9.59 Å². The molecule has 292 valence electrons. The van der Waals surface area contributed by atoms with Crippen molar-refractivity contribution in [1.29, 1.82) is 0 Å². The number of aliphatic hydroxyl groups is 1. The summed E-state index contributed by atoms with van der Waals surface area (Å²) in [5, 5.41) is 9.76. The van der Waals surface area contributed by atoms with Gasteiger partial charge >= 0.3 is 11.9 Å². The molecule has 2 atom stereocenters. The first kappa shape index (κ1) is 40.8. The van der Waals surface area contributed by atoms with Gasteiger partial charge in [-0.15, -0.1) is 0 Å². The molecule has 2 heterocycles. The van der Waals surface area contributed by atoms with Crippen LogP contribution in [-0.2, 0) is 49.8 Å². The summed E-state index contributed by atoms with van der Waals surface area (Å²) in [5.41, 5.74) is 6.89. The SMILES string of the molecule is COc1cc(C[N+]2(CCCOC(=O)/C=C\C(=O)OCCC[N@+]3(C)CCc4cc(CO)ccc4[C@H]3Cc3ccc(OC)c(OC)c3)CCOCC2)ccc1C. The molecular weight excluding hydrogens is 688 g/mol. The third kappa shape index (κ3) is 10.6. The number of likely N-dealkylation sites (N-methyl/N-ethyl adjacent to an activating group) is 1. The van der Waals surface area contributed by atoms with Crippen molar-refractivity contribution < 1.29 is 52.1 Å². The third-order valence-electron chi connectivity index (χ3n) is 11.1. The monoisotopic (exact) mass is 746 g/mol. The lowest BCUT2D eigenvalue weighted by Crippen LogP contribution is -2.55. The van der Waals surface area contributed by atoms with Gasteiger partial charge in [0.15, 0.2) is 11.5 Å². The number of quaternary nitrogens is 2. The van der Waals surface area contributed by atoms with Crippen LogP contribution in [0.5, 0.6) is 17.2 Å². The van der Waals surface area contributed by atoms with E-state index in [0.717, 1.165) is 95.7 Å². The van der Waals surface area contributed by atoms with Crippen LogP contribution in [0.25, 0.3) is 0 Å². The van der Waals surface area contributed by atoms with Crippen LogP contribution < -0.4 is 14.2 Å². The minimum Gasteiger partial charge on any atom is -0.496 e. The van der Waals surface area contributed by atoms with Gasteiger partial charge in [-0.3, -0.25) is 0 Å². The number of hydrogen-bond donors (Lipinski definition) is 1. The number of rotatable bonds is 18. The van der Waals surface area contributed by atoms with E-state index in [1.165, 1.54) is 16.7 Å². The highest BCUT2D eigenvalue weighted by Gasteiger charge is 2.39. The number of benzene rings is 3. The van der Waals surface area contributed by atoms with Crippen LogP contribution in [0, 0.1) is 6.92 Å². The zero-order chi connectivity index (χ0) is 38.6. The van der Waals surface area contributed by atoms with Gasteiger partial charge in [0.2, 0.25) is 0 Å². The molecule has 1 fully saturated rings. The van der Waals surface area contributed by atoms with Crippen LogP contribution in [0.3, 0.4) is 0 Å². The molecule has 54 heavy (non-hydrogen) atoms. The molecule has 2 aliphatic heterocycles. The van der Waals surface area contributed by atoms with Crippen molar-refractivity contribution in [2.24, 2.45) is 0 Å². The highest BCUT2D eigenvalue weighted by atomic mass is 16.5. The van der Waals surface area contributed by atoms with E-state index >= 15 is 0 Å². The molecule has 11 nitrogen and oxygen atoms in total. The van der Waals surface area contributed by atoms with Crippen LogP contribution in [0.2, 0.25) is 0 Å². The van der Waals surface area contributed by atoms with Crippen LogP contribution in [0.15, 0.2) is 66.7 Å². The first-order chi connectivity index (χ1) is 26.1. The standard InChI is InChI=1S/C43H58N2O9/c1-32-8-9-34(29-40(32)50-4)30-45(20-24-52-25-21-45)18-7-23-54-43(48)15-14-42(47)53-22-6-17-44(2)19-16-36-26-35(31-46)10-12-37(36)38(44)27-33-11-13-39(49-3)41(28-33)51-5/h8-15,26,28-29,38,46H,6-7,16-25,27,30-31H2,1-5H3/q+2/b15-14-/t38-,44-/m1/s1. The van der Waals surface area contributed by atoms with Gasteiger partial charge in [0, 0.05) is 49.0 Å². The van der Waals surface area contributed by atoms with E-state index in [9.17, 15) is 14.7 Å². The number of aryl methyl sites for hydroxylation is 1. The summed E-state index contributed by atoms with van der Waals surface area (Å²) in [7, 11) is 7.23. The van der Waals surface area contributed by atoms with Gasteiger partial charge < -0.3 is 42.5 Å². The van der Waals surface area contributed by atoms with Crippen LogP contribution >= 0.6 is 0 Å². The Morgan fingerprint density at radius 2 is 1.41 bits per heavy atom. The summed E-state index contributed by atoms with van der Waals surface area (Å²) in [4.78, 5) is 25.0. The van der Waals surface area contributed by atoms with E-state index in [0.29, 0.717) is 37.6 Å². The lowest BCUT2D eigenvalue weighted by Gasteiger charge is -2.46. The van der Waals surface area contributed by atoms with Crippen LogP contribution in [-0.4, -0.2) is 114 Å². The van der Waals surface area contributed by atoms with E-state index in [1.807, 2.05) is 25.1 Å². The average molecular weight is 747 g/mol. The summed E-state index contributed by atoms with van der Waals surface area (Å²) in [5.74, 6) is 1.14. The Morgan fingerprint density at radius 1 is 0.778 bits per heavy atom. The summed E-state index contributed by atoms with van der Waals surface area (Å²) in [6.45, 7) is 9.15. The molecule has 2 aliphatic rings. The van der Waals surface area contributed by atoms with Gasteiger partial charge in [-0.05, 0) is 47.4 Å². The number of ether oxygens (including phenoxy) is 6. The predicted molar refractivity (Wildman–Crippen MR) is 205 cm³/mol. The molecule has 1 saturated heterocycles. The van der Waals surface area contributed by atoms with E-state index in [2.05, 4.69) is 43.4 Å². The molecule has 0 bridgehead atoms. The Labute approximate surface area is 320 Å². The maximum absolute atomic E-state index is 12.6. The summed E-state index contributed by atoms with van der Waals surface area (Å²) >= 11 is 0. The largest absolute Gasteiger partial charge is 0.496 e. The fraction of sp³-hybridized carbons (Fsp3) is 0.488. The molecule has 0 spiro atoms. The summed E-state index contributed by atoms with van der Waals surface area (Å²) < 4.78 is 34.8. The summed E-state index contributed by atoms with van der Waals surface area (Å²) in [6, 6.07) is 18.8. The zero-order valence-electron chi connectivity index (χ0n) is 32.6. The zero-order valence-corrected chi connectivity index (χ0v) is 32.6. The second kappa shape index (κ2) is 19.3. The van der Waals surface area contributed by atoms with Crippen molar-refractivity contribution in [2.75, 3.05) is 87.5 Å². The first-order valence-electron chi connectivity index (χ1n) is 19.0. The van der Waals surface area contributed by atoms with Gasteiger partial charge in [0.1, 0.15) is 31.4 Å². The second-order valence-electron chi connectivity index (χ2n) is 14.7. The first-order valence-corrected chi connectivity index (χ1v) is 19.0. The van der Waals surface area contributed by atoms with Gasteiger partial charge in [0.05, 0.1) is 81.0 Å². The van der Waals surface area contributed by atoms with E-state index in [1.54, 1.807) is 21.3 Å². The fourth-order valence-electron chi connectivity index (χ4n) is 7.94. The predicted octanol–water partition coefficient (Wildman–Crippen LogP) is 5.27. The number of fused-ring (bicyclic) bond motifs is 1. The Kier molecular flexibility index (Phi) is 14.5. The minimum absolute atomic E-state index is 0.0130. The number of morpholine rings is 1. The number of nitrogens with zero attached hydrogens (tertiary/aromatic N) is 2. The molecular formula is C43H58N2O9+2. The molecule has 0 aromatic heterocycles. The highest BCUT2D eigenvalue weighted by Crippen LogP contribution is 2.39. The average Bonchev–Trinajstić information content (AvgIpc) is 3.19. The van der Waals surface area contributed by atoms with E-state index in [4.69, 9.17) is 28.4 Å². The topological polar surface area (TPSA) is 110 Å². The summed E-state index contributed by atoms with van der Waals surface area (Å²) in [6.07, 6.45) is 5.33.